The second-order valence-corrected chi connectivity index (χ2v) is 11.5. The number of amides is 2. The Morgan fingerprint density at radius 1 is 0.878 bits per heavy atom. The monoisotopic (exact) mass is 590 g/mol. The molecule has 0 bridgehead atoms. The molecule has 10 heteroatoms. The summed E-state index contributed by atoms with van der Waals surface area (Å²) in [5.41, 5.74) is 2.89. The van der Waals surface area contributed by atoms with Crippen LogP contribution in [0, 0.1) is 0 Å². The molecule has 2 fully saturated rings. The zero-order chi connectivity index (χ0) is 28.6. The fourth-order valence-electron chi connectivity index (χ4n) is 5.02. The van der Waals surface area contributed by atoms with Crippen LogP contribution in [0.25, 0.3) is 6.08 Å². The van der Waals surface area contributed by atoms with Gasteiger partial charge in [0.25, 0.3) is 5.91 Å². The van der Waals surface area contributed by atoms with Gasteiger partial charge in [-0.25, -0.2) is 9.97 Å². The van der Waals surface area contributed by atoms with Gasteiger partial charge >= 0.3 is 0 Å². The van der Waals surface area contributed by atoms with Crippen LogP contribution in [0.4, 0.5) is 5.82 Å². The van der Waals surface area contributed by atoms with Crippen molar-refractivity contribution in [2.45, 2.75) is 17.8 Å². The summed E-state index contributed by atoms with van der Waals surface area (Å²) in [6, 6.07) is 19.9. The van der Waals surface area contributed by atoms with E-state index in [9.17, 15) is 9.59 Å². The fraction of sp³-hybridized carbons (Fsp3) is 0.355. The summed E-state index contributed by atoms with van der Waals surface area (Å²) in [5.74, 6) is 1.52. The van der Waals surface area contributed by atoms with E-state index >= 15 is 0 Å². The Hall–Kier alpha value is -3.40. The predicted molar refractivity (Wildman–Crippen MR) is 165 cm³/mol. The average molecular weight is 591 g/mol. The van der Waals surface area contributed by atoms with Crippen molar-refractivity contribution in [3.05, 3.63) is 88.6 Å². The van der Waals surface area contributed by atoms with Crippen molar-refractivity contribution < 1.29 is 9.59 Å². The van der Waals surface area contributed by atoms with Gasteiger partial charge in [0.15, 0.2) is 5.16 Å². The van der Waals surface area contributed by atoms with Crippen LogP contribution in [0.15, 0.2) is 71.9 Å². The number of carbonyl (C=O) groups excluding carboxylic acids is 2. The van der Waals surface area contributed by atoms with Gasteiger partial charge in [-0.05, 0) is 23.3 Å². The third-order valence-corrected chi connectivity index (χ3v) is 8.50. The van der Waals surface area contributed by atoms with E-state index in [1.165, 1.54) is 17.3 Å². The van der Waals surface area contributed by atoms with Gasteiger partial charge in [0, 0.05) is 83.2 Å². The summed E-state index contributed by atoms with van der Waals surface area (Å²) in [7, 11) is 0. The van der Waals surface area contributed by atoms with Gasteiger partial charge in [-0.2, -0.15) is 0 Å². The molecule has 2 saturated heterocycles. The Labute approximate surface area is 251 Å². The Kier molecular flexibility index (Phi) is 9.92. The van der Waals surface area contributed by atoms with Crippen LogP contribution in [0.1, 0.15) is 28.4 Å². The largest absolute Gasteiger partial charge is 0.354 e. The molecule has 0 unspecified atom stereocenters. The Morgan fingerprint density at radius 2 is 1.61 bits per heavy atom. The van der Waals surface area contributed by atoms with Gasteiger partial charge in [0.2, 0.25) is 5.91 Å². The minimum Gasteiger partial charge on any atom is -0.354 e. The van der Waals surface area contributed by atoms with E-state index in [1.54, 1.807) is 11.8 Å². The summed E-state index contributed by atoms with van der Waals surface area (Å²) in [6.45, 7) is 8.40. The number of nitrogens with zero attached hydrogens (tertiary/aromatic N) is 6. The van der Waals surface area contributed by atoms with E-state index in [2.05, 4.69) is 51.2 Å². The predicted octanol–water partition coefficient (Wildman–Crippen LogP) is 4.56. The van der Waals surface area contributed by atoms with Crippen LogP contribution in [-0.2, 0) is 10.5 Å². The number of anilines is 1. The number of halogens is 1. The SMILES string of the molecule is CC(=O)N1CCN(C(=O)c2cccc(CSc3nc(Cl)cc(N4CCN(C/C=C/c5ccccc5)CC4)n3)c2)CC1. The molecule has 0 radical (unpaired) electrons. The van der Waals surface area contributed by atoms with Crippen molar-refractivity contribution in [1.29, 1.82) is 0 Å². The number of piperazine rings is 2. The third kappa shape index (κ3) is 8.09. The lowest BCUT2D eigenvalue weighted by atomic mass is 10.1. The van der Waals surface area contributed by atoms with Crippen LogP contribution in [-0.4, -0.2) is 95.4 Å². The first kappa shape index (κ1) is 29.1. The van der Waals surface area contributed by atoms with E-state index < -0.39 is 0 Å². The smallest absolute Gasteiger partial charge is 0.253 e. The van der Waals surface area contributed by atoms with Crippen molar-refractivity contribution in [3.63, 3.8) is 0 Å². The lowest BCUT2D eigenvalue weighted by Gasteiger charge is -2.35. The Morgan fingerprint density at radius 3 is 2.34 bits per heavy atom. The minimum atomic E-state index is -0.00366. The molecular formula is C31H35ClN6O2S. The van der Waals surface area contributed by atoms with Crippen LogP contribution in [0.3, 0.4) is 0 Å². The molecule has 0 spiro atoms. The summed E-state index contributed by atoms with van der Waals surface area (Å²) >= 11 is 7.92. The molecule has 0 atom stereocenters. The molecule has 0 saturated carbocycles. The van der Waals surface area contributed by atoms with Gasteiger partial charge in [0.05, 0.1) is 0 Å². The normalized spacial score (nSPS) is 16.4. The molecule has 0 aliphatic carbocycles. The summed E-state index contributed by atoms with van der Waals surface area (Å²) in [5, 5.41) is 1.05. The molecule has 2 aliphatic heterocycles. The zero-order valence-electron chi connectivity index (χ0n) is 23.3. The van der Waals surface area contributed by atoms with E-state index in [-0.39, 0.29) is 11.8 Å². The number of hydrogen-bond donors (Lipinski definition) is 0. The van der Waals surface area contributed by atoms with Crippen molar-refractivity contribution in [2.75, 3.05) is 63.8 Å². The molecule has 0 N–H and O–H groups in total. The van der Waals surface area contributed by atoms with Gasteiger partial charge in [-0.15, -0.1) is 0 Å². The molecule has 1 aromatic heterocycles. The van der Waals surface area contributed by atoms with Gasteiger partial charge in [0.1, 0.15) is 11.0 Å². The highest BCUT2D eigenvalue weighted by Crippen LogP contribution is 2.26. The van der Waals surface area contributed by atoms with Crippen molar-refractivity contribution in [1.82, 2.24) is 24.7 Å². The zero-order valence-corrected chi connectivity index (χ0v) is 24.9. The number of benzene rings is 2. The first-order valence-electron chi connectivity index (χ1n) is 13.9. The van der Waals surface area contributed by atoms with E-state index in [4.69, 9.17) is 16.6 Å². The lowest BCUT2D eigenvalue weighted by Crippen LogP contribution is -2.50. The summed E-state index contributed by atoms with van der Waals surface area (Å²) in [4.78, 5) is 42.2. The van der Waals surface area contributed by atoms with E-state index in [0.717, 1.165) is 44.1 Å². The Bertz CT molecular complexity index is 1370. The maximum atomic E-state index is 13.1. The van der Waals surface area contributed by atoms with Crippen LogP contribution >= 0.6 is 23.4 Å². The fourth-order valence-corrected chi connectivity index (χ4v) is 6.05. The maximum Gasteiger partial charge on any atom is 0.253 e. The molecule has 3 aromatic rings. The standard InChI is InChI=1S/C31H35ClN6O2S/c1-24(39)36-17-19-38(20-18-36)30(40)27-11-5-9-26(21-27)23-41-31-33-28(32)22-29(34-31)37-15-13-35(14-16-37)12-6-10-25-7-3-2-4-8-25/h2-11,21-22H,12-20,23H2,1H3/b10-6+. The maximum absolute atomic E-state index is 13.1. The first-order valence-corrected chi connectivity index (χ1v) is 15.3. The van der Waals surface area contributed by atoms with Crippen LogP contribution < -0.4 is 4.90 Å². The first-order chi connectivity index (χ1) is 19.9. The minimum absolute atomic E-state index is 0.00366. The summed E-state index contributed by atoms with van der Waals surface area (Å²) in [6.07, 6.45) is 4.39. The summed E-state index contributed by atoms with van der Waals surface area (Å²) < 4.78 is 0. The molecule has 8 nitrogen and oxygen atoms in total. The molecule has 214 valence electrons. The quantitative estimate of drug-likeness (QED) is 0.216. The number of carbonyl (C=O) groups is 2. The Balaban J connectivity index is 1.13. The van der Waals surface area contributed by atoms with Gasteiger partial charge in [-0.1, -0.05) is 78.0 Å². The van der Waals surface area contributed by atoms with Crippen molar-refractivity contribution >= 4 is 47.1 Å². The lowest BCUT2D eigenvalue weighted by molar-refractivity contribution is -0.130. The molecule has 41 heavy (non-hydrogen) atoms. The number of hydrogen-bond acceptors (Lipinski definition) is 7. The molecular weight excluding hydrogens is 556 g/mol. The highest BCUT2D eigenvalue weighted by Gasteiger charge is 2.23. The second kappa shape index (κ2) is 14.0. The molecule has 2 aromatic carbocycles. The molecule has 3 heterocycles. The number of rotatable bonds is 8. The van der Waals surface area contributed by atoms with E-state index in [1.807, 2.05) is 41.3 Å². The number of aromatic nitrogens is 2. The molecule has 2 amide bonds. The van der Waals surface area contributed by atoms with Gasteiger partial charge in [-0.3, -0.25) is 14.5 Å². The second-order valence-electron chi connectivity index (χ2n) is 10.2. The number of thioether (sulfide) groups is 1. The van der Waals surface area contributed by atoms with Gasteiger partial charge < -0.3 is 14.7 Å². The van der Waals surface area contributed by atoms with Crippen LogP contribution in [0.5, 0.6) is 0 Å². The highest BCUT2D eigenvalue weighted by molar-refractivity contribution is 7.98. The average Bonchev–Trinajstić information content (AvgIpc) is 3.00. The van der Waals surface area contributed by atoms with E-state index in [0.29, 0.717) is 47.8 Å². The molecule has 2 aliphatic rings. The third-order valence-electron chi connectivity index (χ3n) is 7.38. The topological polar surface area (TPSA) is 72.9 Å². The van der Waals surface area contributed by atoms with Crippen molar-refractivity contribution in [3.8, 4) is 0 Å². The molecule has 5 rings (SSSR count). The van der Waals surface area contributed by atoms with Crippen molar-refractivity contribution in [2.24, 2.45) is 0 Å². The van der Waals surface area contributed by atoms with Crippen LogP contribution in [0.2, 0.25) is 5.15 Å². The highest BCUT2D eigenvalue weighted by atomic mass is 35.5.